The van der Waals surface area contributed by atoms with Crippen LogP contribution in [0.3, 0.4) is 0 Å². The zero-order chi connectivity index (χ0) is 21.5. The number of nitrogens with zero attached hydrogens (tertiary/aromatic N) is 1. The monoisotopic (exact) mass is 429 g/mol. The summed E-state index contributed by atoms with van der Waals surface area (Å²) in [4.78, 5) is 13.1. The highest BCUT2D eigenvalue weighted by Crippen LogP contribution is 2.31. The van der Waals surface area contributed by atoms with Gasteiger partial charge in [-0.15, -0.1) is 0 Å². The Bertz CT molecular complexity index is 1360. The summed E-state index contributed by atoms with van der Waals surface area (Å²) in [7, 11) is -4.17. The SMILES string of the molecule is O=C(c1cccc(C(F)(F)F)c1)c1cc2ccccc2n1S(=O)(=O)c1ccccc1. The van der Waals surface area contributed by atoms with Gasteiger partial charge in [-0.2, -0.15) is 13.2 Å². The molecule has 4 nitrogen and oxygen atoms in total. The van der Waals surface area contributed by atoms with Gasteiger partial charge in [-0.05, 0) is 36.4 Å². The zero-order valence-corrected chi connectivity index (χ0v) is 16.1. The molecular weight excluding hydrogens is 415 g/mol. The van der Waals surface area contributed by atoms with E-state index in [0.29, 0.717) is 5.39 Å². The van der Waals surface area contributed by atoms with Gasteiger partial charge in [0.1, 0.15) is 5.69 Å². The Morgan fingerprint density at radius 2 is 1.47 bits per heavy atom. The van der Waals surface area contributed by atoms with E-state index in [1.54, 1.807) is 42.5 Å². The molecule has 0 spiro atoms. The minimum absolute atomic E-state index is 0.0376. The minimum Gasteiger partial charge on any atom is -0.287 e. The molecule has 0 aliphatic carbocycles. The van der Waals surface area contributed by atoms with E-state index in [1.807, 2.05) is 0 Å². The molecule has 0 atom stereocenters. The second-order valence-corrected chi connectivity index (χ2v) is 8.37. The molecule has 152 valence electrons. The van der Waals surface area contributed by atoms with E-state index in [2.05, 4.69) is 0 Å². The minimum atomic E-state index is -4.63. The first-order chi connectivity index (χ1) is 14.2. The van der Waals surface area contributed by atoms with Gasteiger partial charge in [0.2, 0.25) is 5.78 Å². The fraction of sp³-hybridized carbons (Fsp3) is 0.0455. The summed E-state index contributed by atoms with van der Waals surface area (Å²) in [5.74, 6) is -0.822. The number of hydrogen-bond donors (Lipinski definition) is 0. The number of carbonyl (C=O) groups excluding carboxylic acids is 1. The Kier molecular flexibility index (Phi) is 4.74. The number of carbonyl (C=O) groups is 1. The summed E-state index contributed by atoms with van der Waals surface area (Å²) >= 11 is 0. The highest BCUT2D eigenvalue weighted by atomic mass is 32.2. The molecule has 0 N–H and O–H groups in total. The predicted molar refractivity (Wildman–Crippen MR) is 106 cm³/mol. The molecule has 8 heteroatoms. The first-order valence-electron chi connectivity index (χ1n) is 8.83. The Balaban J connectivity index is 1.95. The molecule has 1 aromatic heterocycles. The molecule has 4 rings (SSSR count). The molecule has 0 saturated carbocycles. The van der Waals surface area contributed by atoms with E-state index >= 15 is 0 Å². The first kappa shape index (κ1) is 19.9. The van der Waals surface area contributed by atoms with Crippen LogP contribution >= 0.6 is 0 Å². The van der Waals surface area contributed by atoms with Crippen LogP contribution in [0.4, 0.5) is 13.2 Å². The molecule has 0 fully saturated rings. The van der Waals surface area contributed by atoms with Crippen molar-refractivity contribution in [2.24, 2.45) is 0 Å². The molecule has 0 saturated heterocycles. The zero-order valence-electron chi connectivity index (χ0n) is 15.3. The summed E-state index contributed by atoms with van der Waals surface area (Å²) in [6, 6.07) is 19.3. The van der Waals surface area contributed by atoms with E-state index in [-0.39, 0.29) is 21.7 Å². The second kappa shape index (κ2) is 7.14. The lowest BCUT2D eigenvalue weighted by atomic mass is 10.0. The maximum atomic E-state index is 13.3. The Morgan fingerprint density at radius 3 is 2.17 bits per heavy atom. The summed E-state index contributed by atoms with van der Waals surface area (Å²) in [5, 5.41) is 0.479. The van der Waals surface area contributed by atoms with Gasteiger partial charge in [-0.25, -0.2) is 12.4 Å². The lowest BCUT2D eigenvalue weighted by Gasteiger charge is -2.12. The van der Waals surface area contributed by atoms with Crippen molar-refractivity contribution in [2.45, 2.75) is 11.1 Å². The van der Waals surface area contributed by atoms with Crippen LogP contribution in [0.25, 0.3) is 10.9 Å². The largest absolute Gasteiger partial charge is 0.416 e. The van der Waals surface area contributed by atoms with Crippen molar-refractivity contribution in [3.05, 3.63) is 102 Å². The number of ketones is 1. The molecule has 4 aromatic rings. The first-order valence-corrected chi connectivity index (χ1v) is 10.3. The molecule has 30 heavy (non-hydrogen) atoms. The number of hydrogen-bond acceptors (Lipinski definition) is 3. The van der Waals surface area contributed by atoms with Gasteiger partial charge in [-0.1, -0.05) is 48.5 Å². The van der Waals surface area contributed by atoms with Crippen molar-refractivity contribution in [1.82, 2.24) is 3.97 Å². The van der Waals surface area contributed by atoms with Crippen molar-refractivity contribution in [3.8, 4) is 0 Å². The topological polar surface area (TPSA) is 56.1 Å². The van der Waals surface area contributed by atoms with Crippen molar-refractivity contribution >= 4 is 26.7 Å². The maximum absolute atomic E-state index is 13.3. The summed E-state index contributed by atoms with van der Waals surface area (Å²) in [6.07, 6.45) is -4.63. The highest BCUT2D eigenvalue weighted by molar-refractivity contribution is 7.90. The molecule has 0 bridgehead atoms. The van der Waals surface area contributed by atoms with E-state index in [0.717, 1.165) is 22.2 Å². The van der Waals surface area contributed by atoms with Gasteiger partial charge in [0.05, 0.1) is 16.0 Å². The average Bonchev–Trinajstić information content (AvgIpc) is 3.14. The van der Waals surface area contributed by atoms with Crippen LogP contribution in [0.2, 0.25) is 0 Å². The fourth-order valence-corrected chi connectivity index (χ4v) is 4.76. The molecule has 0 amide bonds. The van der Waals surface area contributed by atoms with Gasteiger partial charge in [0.25, 0.3) is 10.0 Å². The van der Waals surface area contributed by atoms with Gasteiger partial charge in [0, 0.05) is 10.9 Å². The van der Waals surface area contributed by atoms with Crippen LogP contribution in [-0.4, -0.2) is 18.2 Å². The number of alkyl halides is 3. The number of halogens is 3. The number of rotatable bonds is 4. The van der Waals surface area contributed by atoms with Gasteiger partial charge < -0.3 is 0 Å². The molecule has 0 aliphatic heterocycles. The molecule has 1 heterocycles. The highest BCUT2D eigenvalue weighted by Gasteiger charge is 2.32. The number of para-hydroxylation sites is 1. The third kappa shape index (κ3) is 3.39. The van der Waals surface area contributed by atoms with Crippen molar-refractivity contribution in [1.29, 1.82) is 0 Å². The number of benzene rings is 3. The van der Waals surface area contributed by atoms with Crippen LogP contribution < -0.4 is 0 Å². The Labute approximate surface area is 170 Å². The smallest absolute Gasteiger partial charge is 0.287 e. The van der Waals surface area contributed by atoms with E-state index < -0.39 is 27.5 Å². The third-order valence-corrected chi connectivity index (χ3v) is 6.37. The standard InChI is InChI=1S/C22H14F3NO3S/c23-22(24,25)17-9-6-8-16(13-17)21(27)20-14-15-7-4-5-12-19(15)26(20)30(28,29)18-10-2-1-3-11-18/h1-14H. The molecular formula is C22H14F3NO3S. The van der Waals surface area contributed by atoms with E-state index in [9.17, 15) is 26.4 Å². The number of fused-ring (bicyclic) bond motifs is 1. The van der Waals surface area contributed by atoms with Crippen molar-refractivity contribution in [2.75, 3.05) is 0 Å². The van der Waals surface area contributed by atoms with Gasteiger partial charge >= 0.3 is 6.18 Å². The molecule has 3 aromatic carbocycles. The lowest BCUT2D eigenvalue weighted by molar-refractivity contribution is -0.137. The fourth-order valence-electron chi connectivity index (χ4n) is 3.23. The van der Waals surface area contributed by atoms with Crippen molar-refractivity contribution in [3.63, 3.8) is 0 Å². The van der Waals surface area contributed by atoms with Crippen LogP contribution in [0.1, 0.15) is 21.6 Å². The third-order valence-electron chi connectivity index (χ3n) is 4.63. The quantitative estimate of drug-likeness (QED) is 0.423. The predicted octanol–water partition coefficient (Wildman–Crippen LogP) is 5.13. The molecule has 0 aliphatic rings. The summed E-state index contributed by atoms with van der Waals surface area (Å²) in [6.45, 7) is 0. The molecule has 0 unspecified atom stereocenters. The van der Waals surface area contributed by atoms with Crippen LogP contribution in [0, 0.1) is 0 Å². The van der Waals surface area contributed by atoms with E-state index in [1.165, 1.54) is 24.3 Å². The summed E-state index contributed by atoms with van der Waals surface area (Å²) in [5.41, 5.74) is -1.21. The van der Waals surface area contributed by atoms with Crippen LogP contribution in [0.5, 0.6) is 0 Å². The van der Waals surface area contributed by atoms with Gasteiger partial charge in [0.15, 0.2) is 0 Å². The lowest BCUT2D eigenvalue weighted by Crippen LogP contribution is -2.19. The maximum Gasteiger partial charge on any atom is 0.416 e. The van der Waals surface area contributed by atoms with E-state index in [4.69, 9.17) is 0 Å². The molecule has 0 radical (unpaired) electrons. The van der Waals surface area contributed by atoms with Gasteiger partial charge in [-0.3, -0.25) is 4.79 Å². The average molecular weight is 429 g/mol. The number of aromatic nitrogens is 1. The Hall–Kier alpha value is -3.39. The Morgan fingerprint density at radius 1 is 0.800 bits per heavy atom. The van der Waals surface area contributed by atoms with Crippen LogP contribution in [0.15, 0.2) is 89.8 Å². The van der Waals surface area contributed by atoms with Crippen LogP contribution in [-0.2, 0) is 16.2 Å². The summed E-state index contributed by atoms with van der Waals surface area (Å²) < 4.78 is 66.8. The second-order valence-electron chi connectivity index (χ2n) is 6.58. The normalized spacial score (nSPS) is 12.2. The van der Waals surface area contributed by atoms with Crippen molar-refractivity contribution < 1.29 is 26.4 Å².